The maximum absolute atomic E-state index is 11.3. The minimum Gasteiger partial charge on any atom is -0.481 e. The van der Waals surface area contributed by atoms with E-state index in [1.54, 1.807) is 0 Å². The van der Waals surface area contributed by atoms with Crippen molar-refractivity contribution in [3.8, 4) is 0 Å². The Labute approximate surface area is 152 Å². The molecule has 2 N–H and O–H groups in total. The van der Waals surface area contributed by atoms with Crippen molar-refractivity contribution in [2.24, 2.45) is 0 Å². The Bertz CT molecular complexity index is 395. The van der Waals surface area contributed by atoms with Crippen LogP contribution in [0.5, 0.6) is 0 Å². The van der Waals surface area contributed by atoms with E-state index in [0.29, 0.717) is 46.0 Å². The first-order valence-corrected chi connectivity index (χ1v) is 11.7. The van der Waals surface area contributed by atoms with E-state index in [0.717, 1.165) is 0 Å². The Morgan fingerprint density at radius 3 is 2.08 bits per heavy atom. The summed E-state index contributed by atoms with van der Waals surface area (Å²) in [5.41, 5.74) is 0. The molecule has 0 heterocycles. The second-order valence-electron chi connectivity index (χ2n) is 7.43. The fraction of sp³-hybridized carbons (Fsp3) is 0.882. The van der Waals surface area contributed by atoms with E-state index >= 15 is 0 Å². The Kier molecular flexibility index (Phi) is 11.9. The van der Waals surface area contributed by atoms with Crippen LogP contribution in [0.1, 0.15) is 40.0 Å². The molecule has 0 saturated heterocycles. The van der Waals surface area contributed by atoms with Crippen LogP contribution in [0.3, 0.4) is 0 Å². The molecule has 0 bridgehead atoms. The predicted octanol–water partition coefficient (Wildman–Crippen LogP) is 2.41. The number of nitrogens with one attached hydrogen (secondary N) is 1. The highest BCUT2D eigenvalue weighted by molar-refractivity contribution is 6.74. The number of hydrogen-bond acceptors (Lipinski definition) is 5. The maximum Gasteiger partial charge on any atom is 0.303 e. The van der Waals surface area contributed by atoms with Gasteiger partial charge in [-0.15, -0.1) is 0 Å². The molecular formula is C17H35NO6Si. The third-order valence-electron chi connectivity index (χ3n) is 4.22. The number of carbonyl (C=O) groups excluding carboxylic acids is 1. The number of carbonyl (C=O) groups is 2. The number of carboxylic acids is 1. The standard InChI is InChI=1S/C17H35NO6Si/c1-17(2,3)25(4,5)24-14-13-23-12-11-22-10-6-9-18-15(19)7-8-16(20)21/h6-14H2,1-5H3,(H,18,19)(H,20,21). The molecule has 0 rings (SSSR count). The molecule has 0 saturated carbocycles. The summed E-state index contributed by atoms with van der Waals surface area (Å²) < 4.78 is 16.9. The molecule has 0 spiro atoms. The highest BCUT2D eigenvalue weighted by Gasteiger charge is 2.36. The molecule has 0 aromatic rings. The molecule has 0 unspecified atom stereocenters. The lowest BCUT2D eigenvalue weighted by molar-refractivity contribution is -0.138. The highest BCUT2D eigenvalue weighted by Crippen LogP contribution is 2.36. The van der Waals surface area contributed by atoms with Crippen LogP contribution < -0.4 is 5.32 Å². The third-order valence-corrected chi connectivity index (χ3v) is 8.76. The van der Waals surface area contributed by atoms with E-state index in [1.807, 2.05) is 0 Å². The number of rotatable bonds is 14. The monoisotopic (exact) mass is 377 g/mol. The van der Waals surface area contributed by atoms with Crippen LogP contribution in [0.15, 0.2) is 0 Å². The SMILES string of the molecule is CC(C)(C)[Si](C)(C)OCCOCCOCCCNC(=O)CCC(=O)O. The van der Waals surface area contributed by atoms with Gasteiger partial charge in [-0.2, -0.15) is 0 Å². The molecule has 0 aliphatic heterocycles. The third kappa shape index (κ3) is 13.0. The zero-order valence-electron chi connectivity index (χ0n) is 16.4. The summed E-state index contributed by atoms with van der Waals surface area (Å²) >= 11 is 0. The van der Waals surface area contributed by atoms with Gasteiger partial charge in [0.25, 0.3) is 0 Å². The van der Waals surface area contributed by atoms with Gasteiger partial charge >= 0.3 is 5.97 Å². The van der Waals surface area contributed by atoms with Gasteiger partial charge in [-0.1, -0.05) is 20.8 Å². The molecule has 25 heavy (non-hydrogen) atoms. The fourth-order valence-electron chi connectivity index (χ4n) is 1.61. The smallest absolute Gasteiger partial charge is 0.303 e. The van der Waals surface area contributed by atoms with Crippen molar-refractivity contribution in [2.75, 3.05) is 39.6 Å². The summed E-state index contributed by atoms with van der Waals surface area (Å²) in [7, 11) is -1.70. The summed E-state index contributed by atoms with van der Waals surface area (Å²) in [6, 6.07) is 0. The van der Waals surface area contributed by atoms with Crippen molar-refractivity contribution in [3.05, 3.63) is 0 Å². The first-order valence-electron chi connectivity index (χ1n) is 8.84. The van der Waals surface area contributed by atoms with Crippen LogP contribution in [-0.2, 0) is 23.5 Å². The van der Waals surface area contributed by atoms with E-state index in [1.165, 1.54) is 0 Å². The lowest BCUT2D eigenvalue weighted by Gasteiger charge is -2.36. The predicted molar refractivity (Wildman–Crippen MR) is 99.3 cm³/mol. The molecule has 7 nitrogen and oxygen atoms in total. The number of ether oxygens (including phenoxy) is 2. The number of carboxylic acid groups (broad SMARTS) is 1. The van der Waals surface area contributed by atoms with Crippen LogP contribution in [0, 0.1) is 0 Å². The van der Waals surface area contributed by atoms with Gasteiger partial charge in [-0.05, 0) is 24.6 Å². The Morgan fingerprint density at radius 2 is 1.52 bits per heavy atom. The van der Waals surface area contributed by atoms with E-state index in [9.17, 15) is 9.59 Å². The highest BCUT2D eigenvalue weighted by atomic mass is 28.4. The van der Waals surface area contributed by atoms with Crippen LogP contribution >= 0.6 is 0 Å². The zero-order valence-corrected chi connectivity index (χ0v) is 17.4. The Balaban J connectivity index is 3.40. The van der Waals surface area contributed by atoms with Gasteiger partial charge in [-0.25, -0.2) is 0 Å². The van der Waals surface area contributed by atoms with Crippen LogP contribution in [0.25, 0.3) is 0 Å². The van der Waals surface area contributed by atoms with Crippen LogP contribution in [-0.4, -0.2) is 64.9 Å². The average Bonchev–Trinajstić information content (AvgIpc) is 2.49. The number of amides is 1. The van der Waals surface area contributed by atoms with Crippen molar-refractivity contribution < 1.29 is 28.6 Å². The summed E-state index contributed by atoms with van der Waals surface area (Å²) in [6.45, 7) is 14.3. The molecule has 0 fully saturated rings. The molecule has 0 aliphatic rings. The minimum absolute atomic E-state index is 0.0149. The van der Waals surface area contributed by atoms with Gasteiger partial charge in [0.15, 0.2) is 8.32 Å². The van der Waals surface area contributed by atoms with Crippen molar-refractivity contribution in [1.82, 2.24) is 5.32 Å². The zero-order chi connectivity index (χ0) is 19.3. The second-order valence-corrected chi connectivity index (χ2v) is 12.2. The molecular weight excluding hydrogens is 342 g/mol. The number of aliphatic carboxylic acids is 1. The van der Waals surface area contributed by atoms with E-state index in [-0.39, 0.29) is 23.8 Å². The van der Waals surface area contributed by atoms with Crippen LogP contribution in [0.2, 0.25) is 18.1 Å². The first-order chi connectivity index (χ1) is 11.6. The molecule has 0 aliphatic carbocycles. The average molecular weight is 378 g/mol. The minimum atomic E-state index is -1.70. The Hall–Kier alpha value is -0.963. The van der Waals surface area contributed by atoms with Crippen molar-refractivity contribution >= 4 is 20.2 Å². The fourth-order valence-corrected chi connectivity index (χ4v) is 2.63. The summed E-state index contributed by atoms with van der Waals surface area (Å²) in [5, 5.41) is 11.3. The lowest BCUT2D eigenvalue weighted by Crippen LogP contribution is -2.41. The van der Waals surface area contributed by atoms with E-state index in [2.05, 4.69) is 39.2 Å². The largest absolute Gasteiger partial charge is 0.481 e. The first kappa shape index (κ1) is 24.0. The molecule has 8 heteroatoms. The number of hydrogen-bond donors (Lipinski definition) is 2. The van der Waals surface area contributed by atoms with Gasteiger partial charge in [0.05, 0.1) is 32.8 Å². The molecule has 0 radical (unpaired) electrons. The van der Waals surface area contributed by atoms with Gasteiger partial charge in [0.2, 0.25) is 5.91 Å². The summed E-state index contributed by atoms with van der Waals surface area (Å²) in [6.07, 6.45) is 0.563. The second kappa shape index (κ2) is 12.4. The quantitative estimate of drug-likeness (QED) is 0.357. The van der Waals surface area contributed by atoms with E-state index in [4.69, 9.17) is 19.0 Å². The molecule has 0 aromatic carbocycles. The Morgan fingerprint density at radius 1 is 0.960 bits per heavy atom. The van der Waals surface area contributed by atoms with Crippen molar-refractivity contribution in [1.29, 1.82) is 0 Å². The van der Waals surface area contributed by atoms with Gasteiger partial charge < -0.3 is 24.3 Å². The molecule has 148 valence electrons. The normalized spacial score (nSPS) is 12.2. The van der Waals surface area contributed by atoms with Gasteiger partial charge in [0, 0.05) is 19.6 Å². The van der Waals surface area contributed by atoms with Crippen LogP contribution in [0.4, 0.5) is 0 Å². The lowest BCUT2D eigenvalue weighted by atomic mass is 10.2. The molecule has 1 amide bonds. The topological polar surface area (TPSA) is 94.1 Å². The van der Waals surface area contributed by atoms with Gasteiger partial charge in [0.1, 0.15) is 0 Å². The molecule has 0 aromatic heterocycles. The summed E-state index contributed by atoms with van der Waals surface area (Å²) in [4.78, 5) is 21.6. The summed E-state index contributed by atoms with van der Waals surface area (Å²) in [5.74, 6) is -1.21. The van der Waals surface area contributed by atoms with Crippen molar-refractivity contribution in [2.45, 2.75) is 58.2 Å². The van der Waals surface area contributed by atoms with Crippen molar-refractivity contribution in [3.63, 3.8) is 0 Å². The molecule has 0 atom stereocenters. The van der Waals surface area contributed by atoms with E-state index < -0.39 is 14.3 Å². The van der Waals surface area contributed by atoms with Gasteiger partial charge in [-0.3, -0.25) is 9.59 Å². The maximum atomic E-state index is 11.3.